The van der Waals surface area contributed by atoms with E-state index < -0.39 is 41.2 Å². The first-order valence-electron chi connectivity index (χ1n) is 5.87. The number of rotatable bonds is 8. The Bertz CT molecular complexity index is 405. The van der Waals surface area contributed by atoms with Crippen LogP contribution in [0.3, 0.4) is 0 Å². The van der Waals surface area contributed by atoms with E-state index in [0.717, 1.165) is 0 Å². The average Bonchev–Trinajstić information content (AvgIpc) is 2.34. The fourth-order valence-corrected chi connectivity index (χ4v) is 2.09. The summed E-state index contributed by atoms with van der Waals surface area (Å²) >= 11 is 0. The monoisotopic (exact) mass is 472 g/mol. The van der Waals surface area contributed by atoms with E-state index in [-0.39, 0.29) is 29.7 Å². The van der Waals surface area contributed by atoms with Crippen molar-refractivity contribution in [2.45, 2.75) is 26.2 Å². The summed E-state index contributed by atoms with van der Waals surface area (Å²) in [4.78, 5) is 20.7. The van der Waals surface area contributed by atoms with Crippen molar-refractivity contribution in [1.29, 1.82) is 0 Å². The van der Waals surface area contributed by atoms with Crippen molar-refractivity contribution >= 4 is 15.6 Å². The maximum atomic E-state index is 11.4. The third-order valence-corrected chi connectivity index (χ3v) is 3.39. The van der Waals surface area contributed by atoms with Gasteiger partial charge in [0.15, 0.2) is 13.2 Å². The minimum atomic E-state index is -4.76. The molecule has 0 amide bonds. The SMILES string of the molecule is CCOP(=O)([O-])OCC(F)(F)F.CCOP(=O)([O-])OCC(F)(F)F.[Ni+2]. The Balaban J connectivity index is -0.000000372. The van der Waals surface area contributed by atoms with Crippen LogP contribution in [0.4, 0.5) is 26.3 Å². The zero-order chi connectivity index (χ0) is 19.7. The average molecular weight is 473 g/mol. The molecule has 0 radical (unpaired) electrons. The van der Waals surface area contributed by atoms with E-state index in [4.69, 9.17) is 0 Å². The normalized spacial score (nSPS) is 16.7. The Morgan fingerprint density at radius 2 is 0.960 bits per heavy atom. The molecule has 0 rings (SSSR count). The first kappa shape index (κ1) is 30.0. The van der Waals surface area contributed by atoms with E-state index in [2.05, 4.69) is 18.1 Å². The van der Waals surface area contributed by atoms with E-state index in [1.165, 1.54) is 13.8 Å². The van der Waals surface area contributed by atoms with E-state index in [1.54, 1.807) is 0 Å². The maximum Gasteiger partial charge on any atom is 2.00 e. The van der Waals surface area contributed by atoms with Crippen LogP contribution in [0.15, 0.2) is 0 Å². The van der Waals surface area contributed by atoms with Gasteiger partial charge in [-0.05, 0) is 13.8 Å². The van der Waals surface area contributed by atoms with Crippen LogP contribution in [0.5, 0.6) is 0 Å². The molecule has 2 unspecified atom stereocenters. The zero-order valence-electron chi connectivity index (χ0n) is 12.6. The van der Waals surface area contributed by atoms with Crippen LogP contribution in [0.2, 0.25) is 0 Å². The van der Waals surface area contributed by atoms with E-state index >= 15 is 0 Å². The van der Waals surface area contributed by atoms with E-state index in [0.29, 0.717) is 0 Å². The summed E-state index contributed by atoms with van der Waals surface area (Å²) in [5.41, 5.74) is 0. The van der Waals surface area contributed by atoms with Crippen molar-refractivity contribution in [1.82, 2.24) is 0 Å². The van der Waals surface area contributed by atoms with Crippen molar-refractivity contribution in [3.63, 3.8) is 0 Å². The molecule has 156 valence electrons. The molecule has 0 heterocycles. The van der Waals surface area contributed by atoms with Crippen molar-refractivity contribution in [3.8, 4) is 0 Å². The Hall–Kier alpha value is 0.294. The van der Waals surface area contributed by atoms with Gasteiger partial charge in [0.25, 0.3) is 15.6 Å². The van der Waals surface area contributed by atoms with Gasteiger partial charge >= 0.3 is 28.8 Å². The van der Waals surface area contributed by atoms with Gasteiger partial charge in [0.2, 0.25) is 0 Å². The molecule has 0 spiro atoms. The summed E-state index contributed by atoms with van der Waals surface area (Å²) in [5, 5.41) is 0. The molecule has 0 bridgehead atoms. The second-order valence-electron chi connectivity index (χ2n) is 3.51. The van der Waals surface area contributed by atoms with E-state index in [1.807, 2.05) is 0 Å². The van der Waals surface area contributed by atoms with E-state index in [9.17, 15) is 45.3 Å². The molecular formula is C8H14F6NiO8P2. The van der Waals surface area contributed by atoms with Gasteiger partial charge < -0.3 is 27.9 Å². The van der Waals surface area contributed by atoms with Gasteiger partial charge in [-0.2, -0.15) is 26.3 Å². The quantitative estimate of drug-likeness (QED) is 0.299. The van der Waals surface area contributed by atoms with Crippen LogP contribution >= 0.6 is 15.6 Å². The minimum absolute atomic E-state index is 0. The maximum absolute atomic E-state index is 11.4. The molecule has 0 fully saturated rings. The summed E-state index contributed by atoms with van der Waals surface area (Å²) in [6.45, 7) is -1.57. The smallest absolute Gasteiger partial charge is 0.756 e. The summed E-state index contributed by atoms with van der Waals surface area (Å²) in [7, 11) is -9.52. The molecule has 0 aromatic heterocycles. The van der Waals surface area contributed by atoms with Crippen LogP contribution in [-0.4, -0.2) is 38.8 Å². The largest absolute Gasteiger partial charge is 2.00 e. The van der Waals surface area contributed by atoms with Crippen LogP contribution in [-0.2, 0) is 43.7 Å². The van der Waals surface area contributed by atoms with Crippen molar-refractivity contribution in [3.05, 3.63) is 0 Å². The van der Waals surface area contributed by atoms with Gasteiger partial charge in [0, 0.05) is 0 Å². The van der Waals surface area contributed by atoms with Crippen LogP contribution in [0.25, 0.3) is 0 Å². The minimum Gasteiger partial charge on any atom is -0.756 e. The van der Waals surface area contributed by atoms with Gasteiger partial charge in [0.05, 0.1) is 13.2 Å². The Labute approximate surface area is 148 Å². The number of phosphoric acid groups is 2. The number of hydrogen-bond acceptors (Lipinski definition) is 8. The molecule has 25 heavy (non-hydrogen) atoms. The molecule has 0 aliphatic rings. The fraction of sp³-hybridized carbons (Fsp3) is 1.00. The van der Waals surface area contributed by atoms with Gasteiger partial charge in [-0.1, -0.05) is 0 Å². The van der Waals surface area contributed by atoms with Crippen molar-refractivity contribution < 1.29 is 79.8 Å². The molecule has 2 atom stereocenters. The predicted molar refractivity (Wildman–Crippen MR) is 62.5 cm³/mol. The molecule has 0 aromatic carbocycles. The molecule has 0 aliphatic carbocycles. The molecule has 17 heteroatoms. The molecule has 0 aromatic rings. The van der Waals surface area contributed by atoms with Crippen LogP contribution in [0, 0.1) is 0 Å². The first-order chi connectivity index (χ1) is 10.5. The molecule has 0 saturated heterocycles. The number of phosphoric ester groups is 2. The number of alkyl halides is 6. The molecule has 0 aliphatic heterocycles. The Morgan fingerprint density at radius 1 is 0.720 bits per heavy atom. The summed E-state index contributed by atoms with van der Waals surface area (Å²) < 4.78 is 104. The summed E-state index contributed by atoms with van der Waals surface area (Å²) in [5.74, 6) is 0. The van der Waals surface area contributed by atoms with Gasteiger partial charge in [-0.3, -0.25) is 9.13 Å². The summed E-state index contributed by atoms with van der Waals surface area (Å²) in [6, 6.07) is 0. The van der Waals surface area contributed by atoms with Crippen LogP contribution in [0.1, 0.15) is 13.8 Å². The second kappa shape index (κ2) is 12.6. The summed E-state index contributed by atoms with van der Waals surface area (Å²) in [6.07, 6.45) is -9.34. The zero-order valence-corrected chi connectivity index (χ0v) is 15.3. The van der Waals surface area contributed by atoms with Gasteiger partial charge in [0.1, 0.15) is 0 Å². The van der Waals surface area contributed by atoms with Crippen molar-refractivity contribution in [2.24, 2.45) is 0 Å². The molecule has 8 nitrogen and oxygen atoms in total. The van der Waals surface area contributed by atoms with Crippen LogP contribution < -0.4 is 9.79 Å². The first-order valence-corrected chi connectivity index (χ1v) is 8.79. The number of halogens is 6. The Morgan fingerprint density at radius 3 is 1.12 bits per heavy atom. The predicted octanol–water partition coefficient (Wildman–Crippen LogP) is 2.14. The second-order valence-corrected chi connectivity index (χ2v) is 6.33. The topological polar surface area (TPSA) is 117 Å². The standard InChI is InChI=1S/2C4H8F3O4P.Ni/c2*1-2-10-12(8,9)11-3-4(5,6)7;/h2*2-3H2,1H3,(H,8,9);/q;;+2/p-2. The molecule has 0 saturated carbocycles. The number of hydrogen-bond donors (Lipinski definition) is 0. The third-order valence-electron chi connectivity index (χ3n) is 1.35. The Kier molecular flexibility index (Phi) is 15.2. The fourth-order valence-electron chi connectivity index (χ4n) is 0.695. The van der Waals surface area contributed by atoms with Gasteiger partial charge in [-0.25, -0.2) is 0 Å². The third kappa shape index (κ3) is 24.3. The van der Waals surface area contributed by atoms with Crippen molar-refractivity contribution in [2.75, 3.05) is 26.4 Å². The molecule has 0 N–H and O–H groups in total. The molecular weight excluding hydrogens is 459 g/mol. The van der Waals surface area contributed by atoms with Gasteiger partial charge in [-0.15, -0.1) is 0 Å².